The summed E-state index contributed by atoms with van der Waals surface area (Å²) in [6.45, 7) is 0. The molecule has 2 aromatic rings. The van der Waals surface area contributed by atoms with Crippen LogP contribution in [0.5, 0.6) is 0 Å². The van der Waals surface area contributed by atoms with Gasteiger partial charge in [-0.2, -0.15) is 0 Å². The number of aromatic nitrogens is 1. The number of hydrogen-bond donors (Lipinski definition) is 1. The first-order valence-electron chi connectivity index (χ1n) is 5.82. The second-order valence-electron chi connectivity index (χ2n) is 3.97. The highest BCUT2D eigenvalue weighted by Crippen LogP contribution is 2.28. The van der Waals surface area contributed by atoms with E-state index in [1.807, 2.05) is 23.6 Å². The van der Waals surface area contributed by atoms with Gasteiger partial charge in [-0.25, -0.2) is 4.98 Å². The molecule has 0 atom stereocenters. The summed E-state index contributed by atoms with van der Waals surface area (Å²) in [5.74, 6) is -0.229. The molecule has 0 saturated heterocycles. The highest BCUT2D eigenvalue weighted by Gasteiger charge is 2.07. The van der Waals surface area contributed by atoms with Gasteiger partial charge in [0.05, 0.1) is 29.9 Å². The third-order valence-electron chi connectivity index (χ3n) is 2.54. The molecule has 0 unspecified atom stereocenters. The van der Waals surface area contributed by atoms with Crippen LogP contribution < -0.4 is 5.32 Å². The molecule has 1 aromatic carbocycles. The van der Waals surface area contributed by atoms with Gasteiger partial charge in [0.2, 0.25) is 0 Å². The van der Waals surface area contributed by atoms with E-state index in [4.69, 9.17) is 11.6 Å². The Morgan fingerprint density at radius 1 is 1.55 bits per heavy atom. The summed E-state index contributed by atoms with van der Waals surface area (Å²) in [7, 11) is 1.38. The zero-order valence-electron chi connectivity index (χ0n) is 10.7. The first-order chi connectivity index (χ1) is 9.58. The number of hydrogen-bond acceptors (Lipinski definition) is 5. The van der Waals surface area contributed by atoms with Gasteiger partial charge in [-0.15, -0.1) is 11.3 Å². The molecule has 0 bridgehead atoms. The van der Waals surface area contributed by atoms with Crippen molar-refractivity contribution in [3.05, 3.63) is 37.9 Å². The maximum absolute atomic E-state index is 11.1. The van der Waals surface area contributed by atoms with E-state index in [1.54, 1.807) is 0 Å². The number of ether oxygens (including phenoxy) is 1. The molecule has 0 aliphatic rings. The van der Waals surface area contributed by atoms with Crippen molar-refractivity contribution in [2.24, 2.45) is 0 Å². The monoisotopic (exact) mass is 422 g/mol. The maximum atomic E-state index is 11.1. The molecule has 4 nitrogen and oxygen atoms in total. The number of nitrogens with one attached hydrogen (secondary N) is 1. The Morgan fingerprint density at radius 2 is 2.35 bits per heavy atom. The number of halogens is 2. The molecule has 1 N–H and O–H groups in total. The molecule has 0 spiro atoms. The average Bonchev–Trinajstić information content (AvgIpc) is 2.87. The van der Waals surface area contributed by atoms with Crippen molar-refractivity contribution in [1.82, 2.24) is 4.98 Å². The predicted octanol–water partition coefficient (Wildman–Crippen LogP) is 4.25. The van der Waals surface area contributed by atoms with Crippen LogP contribution in [0, 0.1) is 3.57 Å². The largest absolute Gasteiger partial charge is 0.469 e. The summed E-state index contributed by atoms with van der Waals surface area (Å²) in [4.78, 5) is 15.5. The Labute approximate surface area is 139 Å². The van der Waals surface area contributed by atoms with E-state index in [0.717, 1.165) is 20.1 Å². The summed E-state index contributed by atoms with van der Waals surface area (Å²) in [6.07, 6.45) is 0.912. The number of aryl methyl sites for hydroxylation is 1. The Morgan fingerprint density at radius 3 is 3.05 bits per heavy atom. The first-order valence-corrected chi connectivity index (χ1v) is 8.15. The first kappa shape index (κ1) is 15.5. The minimum atomic E-state index is -0.229. The third kappa shape index (κ3) is 4.32. The van der Waals surface area contributed by atoms with Crippen molar-refractivity contribution in [1.29, 1.82) is 0 Å². The Bertz CT molecular complexity index is 618. The number of methoxy groups -OCH3 is 1. The molecule has 7 heteroatoms. The van der Waals surface area contributed by atoms with Crippen molar-refractivity contribution in [3.8, 4) is 0 Å². The molecular weight excluding hydrogens is 411 g/mol. The summed E-state index contributed by atoms with van der Waals surface area (Å²) < 4.78 is 5.68. The van der Waals surface area contributed by atoms with Crippen molar-refractivity contribution >= 4 is 62.3 Å². The standard InChI is InChI=1S/C13H12ClIN2O2S/c1-19-12(18)5-3-9-7-20-13(16-9)17-11-4-2-8(15)6-10(11)14/h2,4,6-7H,3,5H2,1H3,(H,16,17). The van der Waals surface area contributed by atoms with Crippen LogP contribution in [0.3, 0.4) is 0 Å². The van der Waals surface area contributed by atoms with Crippen LogP contribution >= 0.6 is 45.5 Å². The minimum Gasteiger partial charge on any atom is -0.469 e. The zero-order valence-corrected chi connectivity index (χ0v) is 14.4. The predicted molar refractivity (Wildman–Crippen MR) is 89.9 cm³/mol. The molecule has 20 heavy (non-hydrogen) atoms. The van der Waals surface area contributed by atoms with Gasteiger partial charge < -0.3 is 10.1 Å². The molecule has 1 heterocycles. The number of nitrogens with zero attached hydrogens (tertiary/aromatic N) is 1. The number of rotatable bonds is 5. The van der Waals surface area contributed by atoms with Gasteiger partial charge in [-0.1, -0.05) is 11.6 Å². The molecule has 106 valence electrons. The lowest BCUT2D eigenvalue weighted by molar-refractivity contribution is -0.140. The topological polar surface area (TPSA) is 51.2 Å². The number of esters is 1. The quantitative estimate of drug-likeness (QED) is 0.578. The molecule has 2 rings (SSSR count). The van der Waals surface area contributed by atoms with E-state index in [-0.39, 0.29) is 5.97 Å². The number of carbonyl (C=O) groups is 1. The fourth-order valence-electron chi connectivity index (χ4n) is 1.52. The second-order valence-corrected chi connectivity index (χ2v) is 6.48. The van der Waals surface area contributed by atoms with E-state index in [9.17, 15) is 4.79 Å². The van der Waals surface area contributed by atoms with Gasteiger partial charge in [0, 0.05) is 15.4 Å². The summed E-state index contributed by atoms with van der Waals surface area (Å²) >= 11 is 9.85. The third-order valence-corrected chi connectivity index (χ3v) is 4.33. The van der Waals surface area contributed by atoms with Gasteiger partial charge in [-0.3, -0.25) is 4.79 Å². The second kappa shape index (κ2) is 7.24. The van der Waals surface area contributed by atoms with Crippen LogP contribution in [-0.4, -0.2) is 18.1 Å². The van der Waals surface area contributed by atoms with E-state index in [1.165, 1.54) is 18.4 Å². The van der Waals surface area contributed by atoms with Crippen LogP contribution in [0.4, 0.5) is 10.8 Å². The van der Waals surface area contributed by atoms with Crippen molar-refractivity contribution in [2.45, 2.75) is 12.8 Å². The van der Waals surface area contributed by atoms with Crippen molar-refractivity contribution in [3.63, 3.8) is 0 Å². The fraction of sp³-hybridized carbons (Fsp3) is 0.231. The molecular formula is C13H12ClIN2O2S. The lowest BCUT2D eigenvalue weighted by atomic mass is 10.2. The van der Waals surface area contributed by atoms with Gasteiger partial charge in [0.1, 0.15) is 0 Å². The minimum absolute atomic E-state index is 0.229. The number of thiazole rings is 1. The normalized spacial score (nSPS) is 10.3. The molecule has 0 radical (unpaired) electrons. The number of carbonyl (C=O) groups excluding carboxylic acids is 1. The summed E-state index contributed by atoms with van der Waals surface area (Å²) in [5.41, 5.74) is 1.69. The maximum Gasteiger partial charge on any atom is 0.305 e. The lowest BCUT2D eigenvalue weighted by Gasteiger charge is -2.05. The van der Waals surface area contributed by atoms with Gasteiger partial charge in [-0.05, 0) is 40.8 Å². The van der Waals surface area contributed by atoms with Crippen molar-refractivity contribution in [2.75, 3.05) is 12.4 Å². The highest BCUT2D eigenvalue weighted by atomic mass is 127. The molecule has 0 fully saturated rings. The highest BCUT2D eigenvalue weighted by molar-refractivity contribution is 14.1. The van der Waals surface area contributed by atoms with Crippen LogP contribution in [0.15, 0.2) is 23.6 Å². The Hall–Kier alpha value is -0.860. The van der Waals surface area contributed by atoms with Crippen LogP contribution in [0.25, 0.3) is 0 Å². The van der Waals surface area contributed by atoms with E-state index in [2.05, 4.69) is 37.6 Å². The summed E-state index contributed by atoms with van der Waals surface area (Å²) in [6, 6.07) is 5.77. The van der Waals surface area contributed by atoms with Gasteiger partial charge in [0.15, 0.2) is 5.13 Å². The SMILES string of the molecule is COC(=O)CCc1csc(Nc2ccc(I)cc2Cl)n1. The number of benzene rings is 1. The van der Waals surface area contributed by atoms with E-state index >= 15 is 0 Å². The smallest absolute Gasteiger partial charge is 0.305 e. The molecule has 1 aromatic heterocycles. The fourth-order valence-corrected chi connectivity index (χ4v) is 3.18. The molecule has 0 aliphatic carbocycles. The van der Waals surface area contributed by atoms with E-state index < -0.39 is 0 Å². The molecule has 0 amide bonds. The average molecular weight is 423 g/mol. The van der Waals surface area contributed by atoms with Crippen molar-refractivity contribution < 1.29 is 9.53 Å². The molecule has 0 saturated carbocycles. The van der Waals surface area contributed by atoms with E-state index in [0.29, 0.717) is 17.9 Å². The van der Waals surface area contributed by atoms with Crippen LogP contribution in [0.2, 0.25) is 5.02 Å². The van der Waals surface area contributed by atoms with Crippen LogP contribution in [0.1, 0.15) is 12.1 Å². The Kier molecular flexibility index (Phi) is 5.62. The summed E-state index contributed by atoms with van der Waals surface area (Å²) in [5, 5.41) is 6.51. The van der Waals surface area contributed by atoms with Gasteiger partial charge in [0.25, 0.3) is 0 Å². The molecule has 0 aliphatic heterocycles. The van der Waals surface area contributed by atoms with Gasteiger partial charge >= 0.3 is 5.97 Å². The van der Waals surface area contributed by atoms with Crippen LogP contribution in [-0.2, 0) is 16.0 Å². The Balaban J connectivity index is 2.00. The number of anilines is 2. The zero-order chi connectivity index (χ0) is 14.5. The lowest BCUT2D eigenvalue weighted by Crippen LogP contribution is -2.02.